The van der Waals surface area contributed by atoms with Gasteiger partial charge < -0.3 is 4.57 Å². The molecule has 170 valence electrons. The van der Waals surface area contributed by atoms with Crippen LogP contribution in [0.5, 0.6) is 0 Å². The van der Waals surface area contributed by atoms with Gasteiger partial charge in [-0.05, 0) is 24.3 Å². The van der Waals surface area contributed by atoms with Crippen molar-refractivity contribution in [2.75, 3.05) is 5.43 Å². The highest BCUT2D eigenvalue weighted by atomic mass is 35.5. The van der Waals surface area contributed by atoms with Crippen LogP contribution in [0.2, 0.25) is 10.0 Å². The van der Waals surface area contributed by atoms with E-state index in [4.69, 9.17) is 23.2 Å². The molecule has 14 heteroatoms. The fourth-order valence-corrected chi connectivity index (χ4v) is 2.96. The highest BCUT2D eigenvalue weighted by molar-refractivity contribution is 6.33. The van der Waals surface area contributed by atoms with E-state index in [1.54, 1.807) is 0 Å². The molecule has 0 aliphatic heterocycles. The van der Waals surface area contributed by atoms with Crippen LogP contribution in [0.1, 0.15) is 27.3 Å². The molecule has 3 heterocycles. The van der Waals surface area contributed by atoms with Gasteiger partial charge in [-0.1, -0.05) is 23.2 Å². The minimum absolute atomic E-state index is 0.0540. The number of pyridine rings is 2. The van der Waals surface area contributed by atoms with Gasteiger partial charge in [0.05, 0.1) is 33.4 Å². The summed E-state index contributed by atoms with van der Waals surface area (Å²) in [4.78, 5) is 19.7. The molecule has 0 aliphatic carbocycles. The number of nitrogens with zero attached hydrogens (tertiary/aromatic N) is 3. The second-order valence-corrected chi connectivity index (χ2v) is 7.12. The molecule has 0 radical (unpaired) electrons. The Labute approximate surface area is 186 Å². The summed E-state index contributed by atoms with van der Waals surface area (Å²) < 4.78 is 77.6. The van der Waals surface area contributed by atoms with Crippen LogP contribution in [-0.4, -0.2) is 20.4 Å². The number of amides is 1. The first-order chi connectivity index (χ1) is 14.9. The Bertz CT molecular complexity index is 1150. The minimum Gasteiger partial charge on any atom is -0.337 e. The van der Waals surface area contributed by atoms with Gasteiger partial charge in [0.25, 0.3) is 5.91 Å². The smallest absolute Gasteiger partial charge is 0.337 e. The number of hydrazine groups is 1. The molecule has 2 N–H and O–H groups in total. The van der Waals surface area contributed by atoms with Crippen molar-refractivity contribution >= 4 is 34.9 Å². The summed E-state index contributed by atoms with van der Waals surface area (Å²) >= 11 is 11.7. The molecule has 6 nitrogen and oxygen atoms in total. The van der Waals surface area contributed by atoms with Crippen LogP contribution < -0.4 is 10.9 Å². The first kappa shape index (κ1) is 23.7. The lowest BCUT2D eigenvalue weighted by atomic mass is 10.2. The van der Waals surface area contributed by atoms with E-state index in [0.717, 1.165) is 6.07 Å². The highest BCUT2D eigenvalue weighted by Gasteiger charge is 2.32. The highest BCUT2D eigenvalue weighted by Crippen LogP contribution is 2.33. The number of carbonyl (C=O) groups excluding carboxylic acids is 1. The van der Waals surface area contributed by atoms with E-state index in [0.29, 0.717) is 18.5 Å². The zero-order chi connectivity index (χ0) is 23.7. The standard InChI is InChI=1S/C18H11Cl2F6N5O/c19-11-4-9(17(21,22)23)6-27-13(11)8-31-3-1-2-14(31)16(32)30-29-15-12(20)5-10(7-28-15)18(24,25)26/h1-7H,8H2,(H,28,29)(H,30,32). The SMILES string of the molecule is O=C(NNc1ncc(C(F)(F)F)cc1Cl)c1cccn1Cc1ncc(C(F)(F)F)cc1Cl. The van der Waals surface area contributed by atoms with Gasteiger partial charge in [0, 0.05) is 18.6 Å². The number of hydrogen-bond donors (Lipinski definition) is 2. The van der Waals surface area contributed by atoms with Crippen LogP contribution in [0.4, 0.5) is 32.2 Å². The Kier molecular flexibility index (Phi) is 6.56. The number of alkyl halides is 6. The number of nitrogens with one attached hydrogen (secondary N) is 2. The summed E-state index contributed by atoms with van der Waals surface area (Å²) in [7, 11) is 0. The van der Waals surface area contributed by atoms with Gasteiger partial charge in [0.2, 0.25) is 0 Å². The lowest BCUT2D eigenvalue weighted by Gasteiger charge is -2.14. The summed E-state index contributed by atoms with van der Waals surface area (Å²) in [6, 6.07) is 4.27. The number of aromatic nitrogens is 3. The molecule has 3 aromatic rings. The molecule has 0 unspecified atom stereocenters. The zero-order valence-corrected chi connectivity index (χ0v) is 17.0. The second kappa shape index (κ2) is 8.87. The van der Waals surface area contributed by atoms with Crippen molar-refractivity contribution in [3.8, 4) is 0 Å². The first-order valence-electron chi connectivity index (χ1n) is 8.52. The predicted octanol–water partition coefficient (Wildman–Crippen LogP) is 5.43. The molecule has 0 fully saturated rings. The second-order valence-electron chi connectivity index (χ2n) is 6.30. The fourth-order valence-electron chi connectivity index (χ4n) is 2.52. The predicted molar refractivity (Wildman–Crippen MR) is 103 cm³/mol. The third-order valence-corrected chi connectivity index (χ3v) is 4.71. The average Bonchev–Trinajstić information content (AvgIpc) is 3.15. The number of hydrogen-bond acceptors (Lipinski definition) is 4. The van der Waals surface area contributed by atoms with E-state index in [1.807, 2.05) is 0 Å². The quantitative estimate of drug-likeness (QED) is 0.364. The van der Waals surface area contributed by atoms with Crippen molar-refractivity contribution in [1.82, 2.24) is 20.0 Å². The van der Waals surface area contributed by atoms with E-state index in [-0.39, 0.29) is 33.8 Å². The van der Waals surface area contributed by atoms with Gasteiger partial charge in [0.1, 0.15) is 5.69 Å². The van der Waals surface area contributed by atoms with Crippen LogP contribution in [0, 0.1) is 0 Å². The molecule has 0 aromatic carbocycles. The van der Waals surface area contributed by atoms with E-state index >= 15 is 0 Å². The lowest BCUT2D eigenvalue weighted by Crippen LogP contribution is -2.31. The molecule has 0 aliphatic rings. The van der Waals surface area contributed by atoms with E-state index in [2.05, 4.69) is 20.8 Å². The lowest BCUT2D eigenvalue weighted by molar-refractivity contribution is -0.138. The summed E-state index contributed by atoms with van der Waals surface area (Å²) in [6.45, 7) is -0.119. The Hall–Kier alpha value is -2.99. The van der Waals surface area contributed by atoms with E-state index in [9.17, 15) is 31.1 Å². The Morgan fingerprint density at radius 2 is 1.56 bits per heavy atom. The molecule has 3 aromatic heterocycles. The van der Waals surface area contributed by atoms with Gasteiger partial charge in [-0.2, -0.15) is 26.3 Å². The van der Waals surface area contributed by atoms with E-state index < -0.39 is 29.4 Å². The fraction of sp³-hybridized carbons (Fsp3) is 0.167. The topological polar surface area (TPSA) is 71.8 Å². The zero-order valence-electron chi connectivity index (χ0n) is 15.5. The average molecular weight is 498 g/mol. The van der Waals surface area contributed by atoms with Gasteiger partial charge in [-0.15, -0.1) is 0 Å². The third kappa shape index (κ3) is 5.43. The van der Waals surface area contributed by atoms with Gasteiger partial charge >= 0.3 is 12.4 Å². The van der Waals surface area contributed by atoms with Crippen LogP contribution in [0.25, 0.3) is 0 Å². The summed E-state index contributed by atoms with van der Waals surface area (Å²) in [6.07, 6.45) is -6.60. The normalized spacial score (nSPS) is 12.0. The molecule has 1 amide bonds. The first-order valence-corrected chi connectivity index (χ1v) is 9.27. The number of halogens is 8. The molecule has 0 saturated carbocycles. The Morgan fingerprint density at radius 1 is 0.969 bits per heavy atom. The summed E-state index contributed by atoms with van der Waals surface area (Å²) in [5.74, 6) is -0.950. The molecule has 0 bridgehead atoms. The monoisotopic (exact) mass is 497 g/mol. The Morgan fingerprint density at radius 3 is 2.12 bits per heavy atom. The molecular weight excluding hydrogens is 487 g/mol. The minimum atomic E-state index is -4.63. The number of anilines is 1. The molecule has 32 heavy (non-hydrogen) atoms. The van der Waals surface area contributed by atoms with Crippen LogP contribution in [-0.2, 0) is 18.9 Å². The van der Waals surface area contributed by atoms with Crippen LogP contribution in [0.3, 0.4) is 0 Å². The van der Waals surface area contributed by atoms with Crippen molar-refractivity contribution in [2.45, 2.75) is 18.9 Å². The van der Waals surface area contributed by atoms with Gasteiger partial charge in [-0.3, -0.25) is 20.6 Å². The largest absolute Gasteiger partial charge is 0.417 e. The number of rotatable bonds is 5. The maximum Gasteiger partial charge on any atom is 0.417 e. The molecular formula is C18H11Cl2F6N5O. The van der Waals surface area contributed by atoms with Gasteiger partial charge in [0.15, 0.2) is 5.82 Å². The number of carbonyl (C=O) groups is 1. The van der Waals surface area contributed by atoms with Gasteiger partial charge in [-0.25, -0.2) is 4.98 Å². The summed E-state index contributed by atoms with van der Waals surface area (Å²) in [5.41, 5.74) is 2.62. The van der Waals surface area contributed by atoms with Crippen molar-refractivity contribution in [3.05, 3.63) is 75.4 Å². The molecule has 0 atom stereocenters. The van der Waals surface area contributed by atoms with Crippen molar-refractivity contribution in [1.29, 1.82) is 0 Å². The molecule has 0 saturated heterocycles. The van der Waals surface area contributed by atoms with Crippen molar-refractivity contribution in [3.63, 3.8) is 0 Å². The van der Waals surface area contributed by atoms with E-state index in [1.165, 1.54) is 22.9 Å². The third-order valence-electron chi connectivity index (χ3n) is 4.09. The van der Waals surface area contributed by atoms with Crippen molar-refractivity contribution < 1.29 is 31.1 Å². The Balaban J connectivity index is 1.71. The van der Waals surface area contributed by atoms with Crippen LogP contribution >= 0.6 is 23.2 Å². The summed E-state index contributed by atoms with van der Waals surface area (Å²) in [5, 5.41) is -0.616. The molecule has 0 spiro atoms. The maximum absolute atomic E-state index is 12.7. The van der Waals surface area contributed by atoms with Crippen molar-refractivity contribution in [2.24, 2.45) is 0 Å². The maximum atomic E-state index is 12.7. The van der Waals surface area contributed by atoms with Crippen LogP contribution in [0.15, 0.2) is 42.9 Å². The molecule has 3 rings (SSSR count).